The number of aromatic nitrogens is 1. The summed E-state index contributed by atoms with van der Waals surface area (Å²) in [5.74, 6) is -7.36. The van der Waals surface area contributed by atoms with Gasteiger partial charge in [-0.2, -0.15) is 0 Å². The summed E-state index contributed by atoms with van der Waals surface area (Å²) in [6.45, 7) is -0.163. The van der Waals surface area contributed by atoms with E-state index in [0.29, 0.717) is 35.5 Å². The number of amides is 7. The zero-order chi connectivity index (χ0) is 53.1. The number of guanidine groups is 1. The average molecular weight is 1020 g/mol. The SMILES string of the molecule is CN1c2ccc(F)cc2C(=O)N2CCc3c([nH]c4ccc(OC(=O)CCCC(=O)NCCC[C@@H]5NC(=O)[C@H](Cc6ccccc6)NC(=O)[C@H](CC(=O)O)NC(=O)CNC(=O)[C@H](CCCN=C(N)N)NC5=O)cc34)C21. The molecule has 5 atom stereocenters. The van der Waals surface area contributed by atoms with Gasteiger partial charge in [0.05, 0.1) is 29.9 Å². The minimum absolute atomic E-state index is 0.00840. The molecule has 7 rings (SSSR count). The Morgan fingerprint density at radius 2 is 1.53 bits per heavy atom. The summed E-state index contributed by atoms with van der Waals surface area (Å²) in [4.78, 5) is 130. The Kier molecular flexibility index (Phi) is 17.4. The molecule has 0 aliphatic carbocycles. The van der Waals surface area contributed by atoms with Gasteiger partial charge in [-0.3, -0.25) is 48.1 Å². The number of carbonyl (C=O) groups is 9. The molecule has 392 valence electrons. The van der Waals surface area contributed by atoms with Crippen LogP contribution in [0.3, 0.4) is 0 Å². The number of hydrogen-bond donors (Lipinski definition) is 10. The standard InChI is InChI=1S/C50H59FN12O11/c1-62-38-17-14-28(51)23-32(38)49(73)63-21-18-30-31-24-29(15-16-33(31)58-43(30)48(62)63)74-42(68)13-5-12-39(64)54-19-6-11-35-45(70)59-34(10-7-20-55-50(52)53)44(69)56-26-40(65)57-37(25-41(66)67)47(72)61-36(46(71)60-35)22-27-8-3-2-4-9-27/h2-4,8-9,14-17,23-24,34-37,48,58H,5-7,10-13,18-22,25-26H2,1H3,(H,54,64)(H,56,69)(H,57,65)(H,59,70)(H,60,71)(H,61,72)(H,66,67)(H4,52,53,55)/t34-,35-,36-,37-,48?/m0/s1. The number of aliphatic carboxylic acids is 1. The summed E-state index contributed by atoms with van der Waals surface area (Å²) in [7, 11) is 1.85. The lowest BCUT2D eigenvalue weighted by atomic mass is 9.96. The number of nitrogens with zero attached hydrogens (tertiary/aromatic N) is 3. The van der Waals surface area contributed by atoms with Crippen molar-refractivity contribution in [2.24, 2.45) is 16.5 Å². The minimum Gasteiger partial charge on any atom is -0.481 e. The molecular weight excluding hydrogens is 964 g/mol. The maximum atomic E-state index is 14.1. The fraction of sp³-hybridized carbons (Fsp3) is 0.400. The minimum atomic E-state index is -1.64. The summed E-state index contributed by atoms with van der Waals surface area (Å²) in [6, 6.07) is 12.3. The largest absolute Gasteiger partial charge is 0.481 e. The second-order valence-corrected chi connectivity index (χ2v) is 18.2. The molecule has 74 heavy (non-hydrogen) atoms. The lowest BCUT2D eigenvalue weighted by Crippen LogP contribution is -2.58. The van der Waals surface area contributed by atoms with Gasteiger partial charge in [-0.1, -0.05) is 30.3 Å². The number of nitrogens with two attached hydrogens (primary N) is 2. The molecule has 0 saturated carbocycles. The second-order valence-electron chi connectivity index (χ2n) is 18.2. The number of esters is 1. The van der Waals surface area contributed by atoms with Gasteiger partial charge in [0, 0.05) is 56.8 Å². The highest BCUT2D eigenvalue weighted by Crippen LogP contribution is 2.43. The summed E-state index contributed by atoms with van der Waals surface area (Å²) in [6.07, 6.45) is -0.603. The van der Waals surface area contributed by atoms with Crippen molar-refractivity contribution in [3.63, 3.8) is 0 Å². The molecular formula is C50H59FN12O11. The molecule has 4 aromatic rings. The lowest BCUT2D eigenvalue weighted by molar-refractivity contribution is -0.141. The Balaban J connectivity index is 0.959. The van der Waals surface area contributed by atoms with Gasteiger partial charge in [0.1, 0.15) is 41.9 Å². The number of aliphatic imine (C=N–C) groups is 1. The molecule has 23 nitrogen and oxygen atoms in total. The van der Waals surface area contributed by atoms with Crippen molar-refractivity contribution >= 4 is 75.8 Å². The first kappa shape index (κ1) is 53.2. The normalized spacial score (nSPS) is 20.2. The summed E-state index contributed by atoms with van der Waals surface area (Å²) >= 11 is 0. The third kappa shape index (κ3) is 13.5. The van der Waals surface area contributed by atoms with E-state index in [-0.39, 0.29) is 76.3 Å². The van der Waals surface area contributed by atoms with E-state index in [9.17, 15) is 52.6 Å². The highest BCUT2D eigenvalue weighted by atomic mass is 19.1. The summed E-state index contributed by atoms with van der Waals surface area (Å²) < 4.78 is 19.7. The van der Waals surface area contributed by atoms with Crippen LogP contribution in [-0.2, 0) is 51.2 Å². The van der Waals surface area contributed by atoms with E-state index in [1.165, 1.54) is 12.1 Å². The van der Waals surface area contributed by atoms with Gasteiger partial charge < -0.3 is 68.0 Å². The van der Waals surface area contributed by atoms with Crippen molar-refractivity contribution in [3.8, 4) is 5.75 Å². The van der Waals surface area contributed by atoms with Crippen LogP contribution >= 0.6 is 0 Å². The number of carboxylic acid groups (broad SMARTS) is 1. The van der Waals surface area contributed by atoms with E-state index in [2.05, 4.69) is 41.9 Å². The highest BCUT2D eigenvalue weighted by Gasteiger charge is 2.42. The van der Waals surface area contributed by atoms with Crippen molar-refractivity contribution in [2.75, 3.05) is 38.1 Å². The van der Waals surface area contributed by atoms with Gasteiger partial charge in [-0.05, 0) is 86.1 Å². The monoisotopic (exact) mass is 1020 g/mol. The average Bonchev–Trinajstić information content (AvgIpc) is 3.74. The smallest absolute Gasteiger partial charge is 0.311 e. The lowest BCUT2D eigenvalue weighted by Gasteiger charge is -2.46. The van der Waals surface area contributed by atoms with Gasteiger partial charge in [-0.25, -0.2) is 4.39 Å². The molecule has 1 fully saturated rings. The molecule has 3 aliphatic heterocycles. The number of halogens is 1. The van der Waals surface area contributed by atoms with Crippen LogP contribution in [0, 0.1) is 5.82 Å². The van der Waals surface area contributed by atoms with Crippen molar-refractivity contribution in [1.82, 2.24) is 41.8 Å². The van der Waals surface area contributed by atoms with Crippen LogP contribution < -0.4 is 53.0 Å². The molecule has 4 heterocycles. The number of ether oxygens (including phenoxy) is 1. The van der Waals surface area contributed by atoms with E-state index >= 15 is 0 Å². The molecule has 1 saturated heterocycles. The molecule has 1 unspecified atom stereocenters. The Labute approximate surface area is 423 Å². The maximum Gasteiger partial charge on any atom is 0.311 e. The number of nitrogens with one attached hydrogen (secondary N) is 7. The predicted octanol–water partition coefficient (Wildman–Crippen LogP) is 0.266. The number of H-pyrrole nitrogens is 1. The van der Waals surface area contributed by atoms with E-state index in [1.54, 1.807) is 59.5 Å². The topological polar surface area (TPSA) is 342 Å². The highest BCUT2D eigenvalue weighted by molar-refractivity contribution is 6.03. The molecule has 7 amide bonds. The van der Waals surface area contributed by atoms with Crippen LogP contribution in [0.15, 0.2) is 71.7 Å². The maximum absolute atomic E-state index is 14.1. The van der Waals surface area contributed by atoms with Crippen LogP contribution in [0.4, 0.5) is 10.1 Å². The number of hydrogen-bond acceptors (Lipinski definition) is 12. The Bertz CT molecular complexity index is 2840. The van der Waals surface area contributed by atoms with E-state index in [1.807, 2.05) is 11.9 Å². The van der Waals surface area contributed by atoms with Crippen LogP contribution in [0.5, 0.6) is 5.75 Å². The number of benzene rings is 3. The van der Waals surface area contributed by atoms with E-state index < -0.39 is 96.5 Å². The number of rotatable bonds is 17. The fourth-order valence-corrected chi connectivity index (χ4v) is 9.24. The molecule has 24 heteroatoms. The van der Waals surface area contributed by atoms with E-state index in [4.69, 9.17) is 16.2 Å². The Hall–Kier alpha value is -8.57. The zero-order valence-corrected chi connectivity index (χ0v) is 40.5. The van der Waals surface area contributed by atoms with Crippen LogP contribution in [-0.4, -0.2) is 132 Å². The molecule has 0 radical (unpaired) electrons. The first-order chi connectivity index (χ1) is 35.4. The van der Waals surface area contributed by atoms with Crippen LogP contribution in [0.1, 0.15) is 84.7 Å². The van der Waals surface area contributed by atoms with Crippen molar-refractivity contribution in [1.29, 1.82) is 0 Å². The fourth-order valence-electron chi connectivity index (χ4n) is 9.24. The van der Waals surface area contributed by atoms with Gasteiger partial charge in [0.25, 0.3) is 5.91 Å². The first-order valence-electron chi connectivity index (χ1n) is 24.2. The van der Waals surface area contributed by atoms with Gasteiger partial charge in [0.15, 0.2) is 5.96 Å². The predicted molar refractivity (Wildman–Crippen MR) is 265 cm³/mol. The molecule has 3 aromatic carbocycles. The summed E-state index contributed by atoms with van der Waals surface area (Å²) in [5, 5.41) is 25.6. The number of carboxylic acids is 1. The molecule has 12 N–H and O–H groups in total. The van der Waals surface area contributed by atoms with Gasteiger partial charge in [-0.15, -0.1) is 0 Å². The quantitative estimate of drug-likeness (QED) is 0.0223. The Morgan fingerprint density at radius 1 is 0.824 bits per heavy atom. The third-order valence-corrected chi connectivity index (χ3v) is 12.9. The molecule has 0 spiro atoms. The number of aromatic amines is 1. The molecule has 0 bridgehead atoms. The van der Waals surface area contributed by atoms with Crippen LogP contribution in [0.2, 0.25) is 0 Å². The third-order valence-electron chi connectivity index (χ3n) is 12.9. The number of anilines is 1. The van der Waals surface area contributed by atoms with Crippen molar-refractivity contribution < 1.29 is 57.4 Å². The van der Waals surface area contributed by atoms with Crippen LogP contribution in [0.25, 0.3) is 10.9 Å². The number of carbonyl (C=O) groups excluding carboxylic acids is 8. The molecule has 3 aliphatic rings. The first-order valence-corrected chi connectivity index (χ1v) is 24.2. The zero-order valence-electron chi connectivity index (χ0n) is 40.5. The van der Waals surface area contributed by atoms with E-state index in [0.717, 1.165) is 22.2 Å². The van der Waals surface area contributed by atoms with Gasteiger partial charge >= 0.3 is 11.9 Å². The van der Waals surface area contributed by atoms with Crippen molar-refractivity contribution in [3.05, 3.63) is 94.9 Å². The molecule has 1 aromatic heterocycles. The number of fused-ring (bicyclic) bond motifs is 6. The van der Waals surface area contributed by atoms with Crippen molar-refractivity contribution in [2.45, 2.75) is 94.5 Å². The summed E-state index contributed by atoms with van der Waals surface area (Å²) in [5.41, 5.74) is 15.0. The Morgan fingerprint density at radius 3 is 2.27 bits per heavy atom. The van der Waals surface area contributed by atoms with Gasteiger partial charge in [0.2, 0.25) is 35.4 Å². The second kappa shape index (κ2) is 24.2.